The van der Waals surface area contributed by atoms with Crippen LogP contribution in [0.1, 0.15) is 13.3 Å². The van der Waals surface area contributed by atoms with Crippen molar-refractivity contribution in [2.45, 2.75) is 19.4 Å². The molecular formula is C9H18N2O2. The molecule has 1 aliphatic heterocycles. The van der Waals surface area contributed by atoms with Crippen LogP contribution in [-0.4, -0.2) is 60.1 Å². The molecule has 0 spiro atoms. The largest absolute Gasteiger partial charge is 0.481 e. The minimum absolute atomic E-state index is 0.258. The lowest BCUT2D eigenvalue weighted by molar-refractivity contribution is -0.137. The van der Waals surface area contributed by atoms with Crippen molar-refractivity contribution in [3.05, 3.63) is 0 Å². The molecule has 76 valence electrons. The van der Waals surface area contributed by atoms with Gasteiger partial charge in [-0.1, -0.05) is 0 Å². The highest BCUT2D eigenvalue weighted by molar-refractivity contribution is 5.66. The zero-order chi connectivity index (χ0) is 9.84. The highest BCUT2D eigenvalue weighted by Crippen LogP contribution is 2.07. The molecule has 1 heterocycles. The van der Waals surface area contributed by atoms with Gasteiger partial charge in [0, 0.05) is 32.2 Å². The van der Waals surface area contributed by atoms with Crippen LogP contribution in [0.2, 0.25) is 0 Å². The molecule has 0 radical (unpaired) electrons. The number of carboxylic acids is 1. The number of carbonyl (C=O) groups is 1. The van der Waals surface area contributed by atoms with Crippen molar-refractivity contribution in [1.29, 1.82) is 0 Å². The van der Waals surface area contributed by atoms with Crippen LogP contribution < -0.4 is 0 Å². The summed E-state index contributed by atoms with van der Waals surface area (Å²) < 4.78 is 0. The molecule has 1 aliphatic rings. The van der Waals surface area contributed by atoms with Crippen molar-refractivity contribution >= 4 is 5.97 Å². The number of likely N-dealkylation sites (N-methyl/N-ethyl adjacent to an activating group) is 1. The summed E-state index contributed by atoms with van der Waals surface area (Å²) in [6.07, 6.45) is 0.258. The summed E-state index contributed by atoms with van der Waals surface area (Å²) in [6.45, 7) is 5.91. The first-order chi connectivity index (χ1) is 6.09. The molecule has 13 heavy (non-hydrogen) atoms. The lowest BCUT2D eigenvalue weighted by atomic mass is 10.2. The summed E-state index contributed by atoms with van der Waals surface area (Å²) in [4.78, 5) is 14.9. The molecule has 0 aromatic rings. The van der Waals surface area contributed by atoms with Crippen molar-refractivity contribution in [1.82, 2.24) is 9.80 Å². The molecule has 1 N–H and O–H groups in total. The molecule has 0 bridgehead atoms. The topological polar surface area (TPSA) is 43.8 Å². The van der Waals surface area contributed by atoms with E-state index in [4.69, 9.17) is 5.11 Å². The smallest absolute Gasteiger partial charge is 0.304 e. The molecule has 0 saturated carbocycles. The quantitative estimate of drug-likeness (QED) is 0.679. The molecule has 1 rings (SSSR count). The molecule has 0 amide bonds. The second-order valence-corrected chi connectivity index (χ2v) is 3.79. The fourth-order valence-corrected chi connectivity index (χ4v) is 1.75. The first-order valence-electron chi connectivity index (χ1n) is 4.74. The van der Waals surface area contributed by atoms with Crippen LogP contribution in [0.5, 0.6) is 0 Å². The number of rotatable bonds is 3. The molecule has 0 aliphatic carbocycles. The van der Waals surface area contributed by atoms with E-state index in [1.54, 1.807) is 0 Å². The predicted octanol–water partition coefficient (Wildman–Crippen LogP) is 0.0970. The van der Waals surface area contributed by atoms with Gasteiger partial charge in [-0.2, -0.15) is 0 Å². The standard InChI is InChI=1S/C9H18N2O2/c1-8-7-10(2)5-6-11(8)4-3-9(12)13/h8H,3-7H2,1-2H3,(H,12,13). The molecule has 1 saturated heterocycles. The van der Waals surface area contributed by atoms with Crippen molar-refractivity contribution in [2.75, 3.05) is 33.2 Å². The Bertz CT molecular complexity index is 184. The van der Waals surface area contributed by atoms with Crippen LogP contribution in [0.3, 0.4) is 0 Å². The lowest BCUT2D eigenvalue weighted by Gasteiger charge is -2.37. The lowest BCUT2D eigenvalue weighted by Crippen LogP contribution is -2.50. The Morgan fingerprint density at radius 1 is 1.54 bits per heavy atom. The van der Waals surface area contributed by atoms with Crippen molar-refractivity contribution in [3.8, 4) is 0 Å². The van der Waals surface area contributed by atoms with Crippen LogP contribution in [-0.2, 0) is 4.79 Å². The Balaban J connectivity index is 2.29. The first kappa shape index (κ1) is 10.5. The van der Waals surface area contributed by atoms with Crippen molar-refractivity contribution in [2.24, 2.45) is 0 Å². The zero-order valence-corrected chi connectivity index (χ0v) is 8.36. The highest BCUT2D eigenvalue weighted by atomic mass is 16.4. The van der Waals surface area contributed by atoms with Gasteiger partial charge >= 0.3 is 5.97 Å². The van der Waals surface area contributed by atoms with Gasteiger partial charge in [-0.05, 0) is 14.0 Å². The third-order valence-electron chi connectivity index (χ3n) is 2.58. The minimum Gasteiger partial charge on any atom is -0.481 e. The minimum atomic E-state index is -0.703. The molecule has 4 nitrogen and oxygen atoms in total. The third kappa shape index (κ3) is 3.32. The maximum atomic E-state index is 10.4. The summed E-state index contributed by atoms with van der Waals surface area (Å²) in [7, 11) is 2.10. The van der Waals surface area contributed by atoms with Gasteiger partial charge in [-0.25, -0.2) is 0 Å². The Morgan fingerprint density at radius 3 is 2.77 bits per heavy atom. The van der Waals surface area contributed by atoms with Gasteiger partial charge in [0.15, 0.2) is 0 Å². The second-order valence-electron chi connectivity index (χ2n) is 3.79. The first-order valence-corrected chi connectivity index (χ1v) is 4.74. The van der Waals surface area contributed by atoms with Gasteiger partial charge in [0.05, 0.1) is 6.42 Å². The summed E-state index contributed by atoms with van der Waals surface area (Å²) in [6, 6.07) is 0.484. The highest BCUT2D eigenvalue weighted by Gasteiger charge is 2.21. The molecule has 4 heteroatoms. The Labute approximate surface area is 79.1 Å². The summed E-state index contributed by atoms with van der Waals surface area (Å²) >= 11 is 0. The molecule has 0 aromatic heterocycles. The van der Waals surface area contributed by atoms with E-state index >= 15 is 0 Å². The molecule has 0 aromatic carbocycles. The van der Waals surface area contributed by atoms with Crippen LogP contribution in [0, 0.1) is 0 Å². The predicted molar refractivity (Wildman–Crippen MR) is 50.8 cm³/mol. The van der Waals surface area contributed by atoms with E-state index in [1.807, 2.05) is 0 Å². The molecule has 1 unspecified atom stereocenters. The normalized spacial score (nSPS) is 26.2. The monoisotopic (exact) mass is 186 g/mol. The van der Waals surface area contributed by atoms with E-state index in [2.05, 4.69) is 23.8 Å². The van der Waals surface area contributed by atoms with E-state index in [0.29, 0.717) is 12.6 Å². The van der Waals surface area contributed by atoms with Gasteiger partial charge < -0.3 is 10.0 Å². The number of aliphatic carboxylic acids is 1. The second kappa shape index (κ2) is 4.58. The number of piperazine rings is 1. The van der Waals surface area contributed by atoms with Gasteiger partial charge in [0.2, 0.25) is 0 Å². The average Bonchev–Trinajstić information content (AvgIpc) is 2.02. The van der Waals surface area contributed by atoms with Crippen LogP contribution in [0.25, 0.3) is 0 Å². The fraction of sp³-hybridized carbons (Fsp3) is 0.889. The van der Waals surface area contributed by atoms with E-state index in [9.17, 15) is 4.79 Å². The average molecular weight is 186 g/mol. The molecule has 1 atom stereocenters. The Hall–Kier alpha value is -0.610. The zero-order valence-electron chi connectivity index (χ0n) is 8.36. The summed E-state index contributed by atoms with van der Waals surface area (Å²) in [5, 5.41) is 8.55. The van der Waals surface area contributed by atoms with Crippen molar-refractivity contribution in [3.63, 3.8) is 0 Å². The van der Waals surface area contributed by atoms with E-state index < -0.39 is 5.97 Å². The number of hydrogen-bond donors (Lipinski definition) is 1. The van der Waals surface area contributed by atoms with Crippen molar-refractivity contribution < 1.29 is 9.90 Å². The van der Waals surface area contributed by atoms with Gasteiger partial charge in [-0.15, -0.1) is 0 Å². The maximum Gasteiger partial charge on any atom is 0.304 e. The summed E-state index contributed by atoms with van der Waals surface area (Å²) in [5.74, 6) is -0.703. The third-order valence-corrected chi connectivity index (χ3v) is 2.58. The van der Waals surface area contributed by atoms with Gasteiger partial charge in [0.25, 0.3) is 0 Å². The van der Waals surface area contributed by atoms with Crippen LogP contribution in [0.4, 0.5) is 0 Å². The Kier molecular flexibility index (Phi) is 3.69. The Morgan fingerprint density at radius 2 is 2.23 bits per heavy atom. The van der Waals surface area contributed by atoms with E-state index in [-0.39, 0.29) is 6.42 Å². The number of nitrogens with zero attached hydrogens (tertiary/aromatic N) is 2. The van der Waals surface area contributed by atoms with Crippen LogP contribution >= 0.6 is 0 Å². The van der Waals surface area contributed by atoms with Gasteiger partial charge in [-0.3, -0.25) is 9.69 Å². The SMILES string of the molecule is CC1CN(C)CCN1CCC(=O)O. The molecule has 1 fully saturated rings. The summed E-state index contributed by atoms with van der Waals surface area (Å²) in [5.41, 5.74) is 0. The van der Waals surface area contributed by atoms with Crippen LogP contribution in [0.15, 0.2) is 0 Å². The molecular weight excluding hydrogens is 168 g/mol. The van der Waals surface area contributed by atoms with E-state index in [0.717, 1.165) is 19.6 Å². The fourth-order valence-electron chi connectivity index (χ4n) is 1.75. The maximum absolute atomic E-state index is 10.4. The number of carboxylic acid groups (broad SMARTS) is 1. The van der Waals surface area contributed by atoms with E-state index in [1.165, 1.54) is 0 Å². The van der Waals surface area contributed by atoms with Gasteiger partial charge in [0.1, 0.15) is 0 Å². The number of hydrogen-bond acceptors (Lipinski definition) is 3.